The van der Waals surface area contributed by atoms with Crippen LogP contribution in [-0.2, 0) is 6.42 Å². The first-order chi connectivity index (χ1) is 11.2. The molecule has 5 heteroatoms. The first-order valence-corrected chi connectivity index (χ1v) is 7.41. The maximum absolute atomic E-state index is 12.0. The summed E-state index contributed by atoms with van der Waals surface area (Å²) in [7, 11) is 0. The second-order valence-corrected chi connectivity index (χ2v) is 5.15. The lowest BCUT2D eigenvalue weighted by molar-refractivity contribution is 0.0952. The van der Waals surface area contributed by atoms with E-state index >= 15 is 0 Å². The molecule has 2 aromatic carbocycles. The quantitative estimate of drug-likeness (QED) is 0.511. The van der Waals surface area contributed by atoms with E-state index in [2.05, 4.69) is 28.5 Å². The van der Waals surface area contributed by atoms with Crippen LogP contribution >= 0.6 is 0 Å². The lowest BCUT2D eigenvalue weighted by Gasteiger charge is -2.02. The molecule has 3 rings (SSSR count). The molecule has 0 atom stereocenters. The number of hydrazone groups is 1. The monoisotopic (exact) mass is 307 g/mol. The molecule has 1 heterocycles. The summed E-state index contributed by atoms with van der Waals surface area (Å²) >= 11 is 0. The molecule has 0 radical (unpaired) electrons. The number of benzene rings is 2. The molecule has 3 aromatic rings. The summed E-state index contributed by atoms with van der Waals surface area (Å²) in [6, 6.07) is 12.4. The van der Waals surface area contributed by atoms with Crippen LogP contribution in [0.4, 0.5) is 0 Å². The van der Waals surface area contributed by atoms with Crippen molar-refractivity contribution in [3.63, 3.8) is 0 Å². The maximum atomic E-state index is 12.0. The molecule has 1 aromatic heterocycles. The number of rotatable bonds is 4. The van der Waals surface area contributed by atoms with Gasteiger partial charge in [-0.25, -0.2) is 5.43 Å². The van der Waals surface area contributed by atoms with E-state index in [-0.39, 0.29) is 11.3 Å². The van der Waals surface area contributed by atoms with Gasteiger partial charge in [-0.15, -0.1) is 0 Å². The molecule has 0 unspecified atom stereocenters. The first-order valence-electron chi connectivity index (χ1n) is 7.41. The van der Waals surface area contributed by atoms with Gasteiger partial charge in [0.05, 0.1) is 11.8 Å². The number of hydrogen-bond acceptors (Lipinski definition) is 3. The number of aromatic amines is 1. The molecule has 116 valence electrons. The number of nitrogens with one attached hydrogen (secondary N) is 2. The number of aryl methyl sites for hydroxylation is 1. The Morgan fingerprint density at radius 2 is 2.09 bits per heavy atom. The Hall–Kier alpha value is -3.08. The molecule has 0 fully saturated rings. The minimum absolute atomic E-state index is 0.0696. The summed E-state index contributed by atoms with van der Waals surface area (Å²) in [5.74, 6) is -0.520. The topological polar surface area (TPSA) is 77.5 Å². The van der Waals surface area contributed by atoms with Crippen LogP contribution in [0.3, 0.4) is 0 Å². The number of hydrogen-bond donors (Lipinski definition) is 3. The SMILES string of the molecule is CCc1cccc2c(/C=N/NC(=O)c3ccccc3O)c[nH]c12. The lowest BCUT2D eigenvalue weighted by Crippen LogP contribution is -2.17. The van der Waals surface area contributed by atoms with Crippen molar-refractivity contribution < 1.29 is 9.90 Å². The number of phenolic OH excluding ortho intramolecular Hbond substituents is 1. The third kappa shape index (κ3) is 2.94. The highest BCUT2D eigenvalue weighted by Crippen LogP contribution is 2.21. The fourth-order valence-electron chi connectivity index (χ4n) is 2.53. The molecular weight excluding hydrogens is 290 g/mol. The van der Waals surface area contributed by atoms with Crippen LogP contribution < -0.4 is 5.43 Å². The molecule has 5 nitrogen and oxygen atoms in total. The van der Waals surface area contributed by atoms with E-state index in [0.717, 1.165) is 22.9 Å². The maximum Gasteiger partial charge on any atom is 0.275 e. The average molecular weight is 307 g/mol. The number of para-hydroxylation sites is 2. The Labute approximate surface area is 133 Å². The smallest absolute Gasteiger partial charge is 0.275 e. The molecule has 1 amide bonds. The largest absolute Gasteiger partial charge is 0.507 e. The predicted octanol–water partition coefficient (Wildman–Crippen LogP) is 3.20. The highest BCUT2D eigenvalue weighted by Gasteiger charge is 2.09. The van der Waals surface area contributed by atoms with Gasteiger partial charge in [0.2, 0.25) is 0 Å². The van der Waals surface area contributed by atoms with Gasteiger partial charge in [-0.3, -0.25) is 4.79 Å². The molecule has 0 saturated heterocycles. The number of H-pyrrole nitrogens is 1. The fourth-order valence-corrected chi connectivity index (χ4v) is 2.53. The zero-order valence-electron chi connectivity index (χ0n) is 12.7. The third-order valence-corrected chi connectivity index (χ3v) is 3.73. The number of carbonyl (C=O) groups is 1. The summed E-state index contributed by atoms with van der Waals surface area (Å²) in [4.78, 5) is 15.2. The van der Waals surface area contributed by atoms with Gasteiger partial charge >= 0.3 is 0 Å². The second-order valence-electron chi connectivity index (χ2n) is 5.15. The van der Waals surface area contributed by atoms with Crippen LogP contribution in [-0.4, -0.2) is 22.2 Å². The van der Waals surface area contributed by atoms with Crippen molar-refractivity contribution in [1.82, 2.24) is 10.4 Å². The van der Waals surface area contributed by atoms with E-state index in [9.17, 15) is 9.90 Å². The normalized spacial score (nSPS) is 11.2. The van der Waals surface area contributed by atoms with Gasteiger partial charge < -0.3 is 10.1 Å². The first kappa shape index (κ1) is 14.8. The lowest BCUT2D eigenvalue weighted by atomic mass is 10.1. The van der Waals surface area contributed by atoms with Crippen LogP contribution in [0.2, 0.25) is 0 Å². The van der Waals surface area contributed by atoms with Gasteiger partial charge in [-0.1, -0.05) is 37.3 Å². The summed E-state index contributed by atoms with van der Waals surface area (Å²) in [6.07, 6.45) is 4.40. The fraction of sp³-hybridized carbons (Fsp3) is 0.111. The van der Waals surface area contributed by atoms with Crippen LogP contribution in [0.15, 0.2) is 53.8 Å². The molecule has 0 spiro atoms. The Morgan fingerprint density at radius 1 is 1.26 bits per heavy atom. The number of carbonyl (C=O) groups excluding carboxylic acids is 1. The molecular formula is C18H17N3O2. The van der Waals surface area contributed by atoms with Crippen molar-refractivity contribution in [2.24, 2.45) is 5.10 Å². The zero-order chi connectivity index (χ0) is 16.2. The van der Waals surface area contributed by atoms with E-state index in [1.165, 1.54) is 11.6 Å². The van der Waals surface area contributed by atoms with Crippen LogP contribution in [0.25, 0.3) is 10.9 Å². The minimum atomic E-state index is -0.451. The van der Waals surface area contributed by atoms with Gasteiger partial charge in [0.1, 0.15) is 5.75 Å². The number of amides is 1. The van der Waals surface area contributed by atoms with E-state index < -0.39 is 5.91 Å². The molecule has 0 saturated carbocycles. The Kier molecular flexibility index (Phi) is 4.10. The van der Waals surface area contributed by atoms with Crippen LogP contribution in [0.1, 0.15) is 28.4 Å². The number of aromatic hydroxyl groups is 1. The molecule has 0 aliphatic rings. The zero-order valence-corrected chi connectivity index (χ0v) is 12.7. The van der Waals surface area contributed by atoms with Gasteiger partial charge in [0, 0.05) is 22.7 Å². The number of phenols is 1. The molecule has 23 heavy (non-hydrogen) atoms. The standard InChI is InChI=1S/C18H17N3O2/c1-2-12-6-5-8-14-13(10-19-17(12)14)11-20-21-18(23)15-7-3-4-9-16(15)22/h3-11,19,22H,2H2,1H3,(H,21,23)/b20-11+. The number of aromatic nitrogens is 1. The van der Waals surface area contributed by atoms with Crippen molar-refractivity contribution in [2.45, 2.75) is 13.3 Å². The second kappa shape index (κ2) is 6.36. The highest BCUT2D eigenvalue weighted by atomic mass is 16.3. The van der Waals surface area contributed by atoms with Gasteiger partial charge in [-0.2, -0.15) is 5.10 Å². The van der Waals surface area contributed by atoms with Crippen LogP contribution in [0.5, 0.6) is 5.75 Å². The van der Waals surface area contributed by atoms with E-state index in [4.69, 9.17) is 0 Å². The van der Waals surface area contributed by atoms with Crippen molar-refractivity contribution in [3.05, 3.63) is 65.4 Å². The predicted molar refractivity (Wildman–Crippen MR) is 90.8 cm³/mol. The third-order valence-electron chi connectivity index (χ3n) is 3.73. The van der Waals surface area contributed by atoms with Gasteiger partial charge in [0.25, 0.3) is 5.91 Å². The summed E-state index contributed by atoms with van der Waals surface area (Å²) < 4.78 is 0. The summed E-state index contributed by atoms with van der Waals surface area (Å²) in [5, 5.41) is 14.7. The Balaban J connectivity index is 1.79. The minimum Gasteiger partial charge on any atom is -0.507 e. The molecule has 0 aliphatic carbocycles. The van der Waals surface area contributed by atoms with Crippen molar-refractivity contribution in [2.75, 3.05) is 0 Å². The van der Waals surface area contributed by atoms with Gasteiger partial charge in [-0.05, 0) is 24.1 Å². The van der Waals surface area contributed by atoms with Crippen molar-refractivity contribution >= 4 is 23.0 Å². The highest BCUT2D eigenvalue weighted by molar-refractivity contribution is 6.01. The van der Waals surface area contributed by atoms with E-state index in [1.54, 1.807) is 24.4 Å². The number of fused-ring (bicyclic) bond motifs is 1. The molecule has 0 bridgehead atoms. The Bertz CT molecular complexity index is 881. The van der Waals surface area contributed by atoms with Crippen molar-refractivity contribution in [1.29, 1.82) is 0 Å². The number of nitrogens with zero attached hydrogens (tertiary/aromatic N) is 1. The van der Waals surface area contributed by atoms with Crippen LogP contribution in [0, 0.1) is 0 Å². The average Bonchev–Trinajstić information content (AvgIpc) is 2.98. The van der Waals surface area contributed by atoms with E-state index in [0.29, 0.717) is 0 Å². The summed E-state index contributed by atoms with van der Waals surface area (Å²) in [5.41, 5.74) is 5.84. The van der Waals surface area contributed by atoms with Crippen molar-refractivity contribution in [3.8, 4) is 5.75 Å². The molecule has 0 aliphatic heterocycles. The summed E-state index contributed by atoms with van der Waals surface area (Å²) in [6.45, 7) is 2.11. The van der Waals surface area contributed by atoms with E-state index in [1.807, 2.05) is 18.3 Å². The Morgan fingerprint density at radius 3 is 2.87 bits per heavy atom. The van der Waals surface area contributed by atoms with Gasteiger partial charge in [0.15, 0.2) is 0 Å². The molecule has 3 N–H and O–H groups in total.